The van der Waals surface area contributed by atoms with Gasteiger partial charge in [-0.3, -0.25) is 9.59 Å². The first-order chi connectivity index (χ1) is 10.9. The smallest absolute Gasteiger partial charge is 0.251 e. The van der Waals surface area contributed by atoms with Gasteiger partial charge in [-0.05, 0) is 49.7 Å². The zero-order valence-electron chi connectivity index (χ0n) is 13.1. The van der Waals surface area contributed by atoms with Crippen molar-refractivity contribution in [3.8, 4) is 0 Å². The van der Waals surface area contributed by atoms with E-state index in [0.29, 0.717) is 11.3 Å². The molecule has 0 spiro atoms. The minimum Gasteiger partial charge on any atom is -0.350 e. The number of carbonyl (C=O) groups excluding carboxylic acids is 2. The molecule has 0 aliphatic rings. The third-order valence-electron chi connectivity index (χ3n) is 3.11. The fraction of sp³-hybridized carbons (Fsp3) is 0.222. The van der Waals surface area contributed by atoms with Crippen LogP contribution in [0.25, 0.3) is 0 Å². The molecule has 120 valence electrons. The van der Waals surface area contributed by atoms with Crippen molar-refractivity contribution in [3.05, 3.63) is 65.5 Å². The fourth-order valence-electron chi connectivity index (χ4n) is 2.08. The van der Waals surface area contributed by atoms with Crippen LogP contribution in [0.15, 0.2) is 48.5 Å². The molecule has 2 N–H and O–H groups in total. The molecule has 0 aliphatic heterocycles. The number of benzene rings is 2. The predicted octanol–water partition coefficient (Wildman–Crippen LogP) is 3.15. The van der Waals surface area contributed by atoms with Gasteiger partial charge in [0.25, 0.3) is 5.91 Å². The van der Waals surface area contributed by atoms with Crippen molar-refractivity contribution < 1.29 is 14.0 Å². The largest absolute Gasteiger partial charge is 0.350 e. The molecule has 2 aromatic carbocycles. The van der Waals surface area contributed by atoms with Gasteiger partial charge in [-0.1, -0.05) is 18.2 Å². The Morgan fingerprint density at radius 2 is 1.78 bits per heavy atom. The molecule has 4 nitrogen and oxygen atoms in total. The molecule has 23 heavy (non-hydrogen) atoms. The normalized spacial score (nSPS) is 10.4. The maximum atomic E-state index is 12.8. The van der Waals surface area contributed by atoms with Crippen molar-refractivity contribution in [3.63, 3.8) is 0 Å². The third-order valence-corrected chi connectivity index (χ3v) is 3.11. The summed E-state index contributed by atoms with van der Waals surface area (Å²) in [6.45, 7) is 3.76. The average molecular weight is 314 g/mol. The summed E-state index contributed by atoms with van der Waals surface area (Å²) in [4.78, 5) is 24.0. The van der Waals surface area contributed by atoms with Crippen LogP contribution in [0.4, 0.5) is 10.1 Å². The number of hydrogen-bond acceptors (Lipinski definition) is 2. The molecule has 0 atom stereocenters. The summed E-state index contributed by atoms with van der Waals surface area (Å²) in [5.41, 5.74) is 1.75. The standard InChI is InChI=1S/C18H19FN2O2/c1-12(2)20-18(23)14-4-3-5-16(11-14)21-17(22)10-13-6-8-15(19)9-7-13/h3-9,11-12H,10H2,1-2H3,(H,20,23)(H,21,22). The minimum atomic E-state index is -0.335. The second-order valence-corrected chi connectivity index (χ2v) is 5.56. The van der Waals surface area contributed by atoms with Crippen LogP contribution in [0.5, 0.6) is 0 Å². The van der Waals surface area contributed by atoms with Gasteiger partial charge in [0.15, 0.2) is 0 Å². The van der Waals surface area contributed by atoms with Crippen LogP contribution in [0.1, 0.15) is 29.8 Å². The summed E-state index contributed by atoms with van der Waals surface area (Å²) in [5, 5.41) is 5.54. The quantitative estimate of drug-likeness (QED) is 0.891. The molecule has 2 aromatic rings. The van der Waals surface area contributed by atoms with Gasteiger partial charge in [0.05, 0.1) is 6.42 Å². The Kier molecular flexibility index (Phi) is 5.46. The Hall–Kier alpha value is -2.69. The molecule has 0 heterocycles. The van der Waals surface area contributed by atoms with Crippen LogP contribution in [-0.4, -0.2) is 17.9 Å². The Labute approximate surface area is 134 Å². The van der Waals surface area contributed by atoms with Gasteiger partial charge >= 0.3 is 0 Å². The lowest BCUT2D eigenvalue weighted by atomic mass is 10.1. The maximum absolute atomic E-state index is 12.8. The van der Waals surface area contributed by atoms with Gasteiger partial charge in [-0.2, -0.15) is 0 Å². The first kappa shape index (κ1) is 16.7. The van der Waals surface area contributed by atoms with E-state index in [4.69, 9.17) is 0 Å². The van der Waals surface area contributed by atoms with Crippen molar-refractivity contribution in [2.45, 2.75) is 26.3 Å². The van der Waals surface area contributed by atoms with Crippen molar-refractivity contribution in [2.75, 3.05) is 5.32 Å². The lowest BCUT2D eigenvalue weighted by molar-refractivity contribution is -0.115. The van der Waals surface area contributed by atoms with E-state index in [1.54, 1.807) is 36.4 Å². The molecule has 5 heteroatoms. The predicted molar refractivity (Wildman–Crippen MR) is 87.8 cm³/mol. The monoisotopic (exact) mass is 314 g/mol. The van der Waals surface area contributed by atoms with Crippen LogP contribution in [0.3, 0.4) is 0 Å². The lowest BCUT2D eigenvalue weighted by Crippen LogP contribution is -2.30. The Morgan fingerprint density at radius 1 is 1.09 bits per heavy atom. The van der Waals surface area contributed by atoms with Gasteiger partial charge in [-0.25, -0.2) is 4.39 Å². The molecular weight excluding hydrogens is 295 g/mol. The van der Waals surface area contributed by atoms with E-state index < -0.39 is 0 Å². The van der Waals surface area contributed by atoms with E-state index in [0.717, 1.165) is 5.56 Å². The van der Waals surface area contributed by atoms with Crippen molar-refractivity contribution in [2.24, 2.45) is 0 Å². The van der Waals surface area contributed by atoms with Crippen LogP contribution in [-0.2, 0) is 11.2 Å². The van der Waals surface area contributed by atoms with E-state index in [9.17, 15) is 14.0 Å². The van der Waals surface area contributed by atoms with Gasteiger partial charge in [0, 0.05) is 17.3 Å². The van der Waals surface area contributed by atoms with Crippen molar-refractivity contribution in [1.29, 1.82) is 0 Å². The Morgan fingerprint density at radius 3 is 2.43 bits per heavy atom. The SMILES string of the molecule is CC(C)NC(=O)c1cccc(NC(=O)Cc2ccc(F)cc2)c1. The highest BCUT2D eigenvalue weighted by Crippen LogP contribution is 2.12. The molecule has 0 fully saturated rings. The van der Waals surface area contributed by atoms with Crippen LogP contribution < -0.4 is 10.6 Å². The highest BCUT2D eigenvalue weighted by molar-refractivity contribution is 5.97. The number of amides is 2. The van der Waals surface area contributed by atoms with Crippen LogP contribution in [0.2, 0.25) is 0 Å². The summed E-state index contributed by atoms with van der Waals surface area (Å²) in [6.07, 6.45) is 0.142. The molecule has 0 bridgehead atoms. The summed E-state index contributed by atoms with van der Waals surface area (Å²) < 4.78 is 12.8. The van der Waals surface area contributed by atoms with Gasteiger partial charge in [0.2, 0.25) is 5.91 Å². The third kappa shape index (κ3) is 5.21. The molecule has 2 rings (SSSR count). The van der Waals surface area contributed by atoms with E-state index in [1.165, 1.54) is 12.1 Å². The highest BCUT2D eigenvalue weighted by Gasteiger charge is 2.09. The summed E-state index contributed by atoms with van der Waals surface area (Å²) in [5.74, 6) is -0.745. The number of nitrogens with one attached hydrogen (secondary N) is 2. The summed E-state index contributed by atoms with van der Waals surface area (Å²) >= 11 is 0. The first-order valence-electron chi connectivity index (χ1n) is 7.39. The molecule has 0 unspecified atom stereocenters. The molecule has 0 saturated carbocycles. The number of carbonyl (C=O) groups is 2. The second-order valence-electron chi connectivity index (χ2n) is 5.56. The van der Waals surface area contributed by atoms with Gasteiger partial charge in [-0.15, -0.1) is 0 Å². The van der Waals surface area contributed by atoms with Crippen LogP contribution in [0, 0.1) is 5.82 Å². The molecule has 0 saturated heterocycles. The summed E-state index contributed by atoms with van der Waals surface area (Å²) in [6, 6.07) is 12.6. The Bertz CT molecular complexity index is 696. The van der Waals surface area contributed by atoms with E-state index in [2.05, 4.69) is 10.6 Å². The van der Waals surface area contributed by atoms with Gasteiger partial charge in [0.1, 0.15) is 5.82 Å². The van der Waals surface area contributed by atoms with E-state index in [-0.39, 0.29) is 30.1 Å². The van der Waals surface area contributed by atoms with Gasteiger partial charge < -0.3 is 10.6 Å². The molecule has 0 aliphatic carbocycles. The van der Waals surface area contributed by atoms with E-state index >= 15 is 0 Å². The lowest BCUT2D eigenvalue weighted by Gasteiger charge is -2.10. The fourth-order valence-corrected chi connectivity index (χ4v) is 2.08. The minimum absolute atomic E-state index is 0.0409. The highest BCUT2D eigenvalue weighted by atomic mass is 19.1. The number of hydrogen-bond donors (Lipinski definition) is 2. The molecular formula is C18H19FN2O2. The number of anilines is 1. The number of halogens is 1. The molecule has 0 radical (unpaired) electrons. The zero-order chi connectivity index (χ0) is 16.8. The summed E-state index contributed by atoms with van der Waals surface area (Å²) in [7, 11) is 0. The van der Waals surface area contributed by atoms with Crippen molar-refractivity contribution in [1.82, 2.24) is 5.32 Å². The molecule has 0 aromatic heterocycles. The average Bonchev–Trinajstić information content (AvgIpc) is 2.49. The zero-order valence-corrected chi connectivity index (χ0v) is 13.1. The topological polar surface area (TPSA) is 58.2 Å². The maximum Gasteiger partial charge on any atom is 0.251 e. The van der Waals surface area contributed by atoms with E-state index in [1.807, 2.05) is 13.8 Å². The first-order valence-corrected chi connectivity index (χ1v) is 7.39. The second kappa shape index (κ2) is 7.54. The molecule has 2 amide bonds. The number of rotatable bonds is 5. The van der Waals surface area contributed by atoms with Crippen LogP contribution >= 0.6 is 0 Å². The van der Waals surface area contributed by atoms with Crippen molar-refractivity contribution >= 4 is 17.5 Å². The Balaban J connectivity index is 2.00.